The highest BCUT2D eigenvalue weighted by Gasteiger charge is 2.13. The van der Waals surface area contributed by atoms with Crippen LogP contribution < -0.4 is 5.32 Å². The van der Waals surface area contributed by atoms with Gasteiger partial charge in [-0.3, -0.25) is 0 Å². The molecular formula is C13H15BrFN3. The van der Waals surface area contributed by atoms with Crippen molar-refractivity contribution in [2.24, 2.45) is 0 Å². The second-order valence-electron chi connectivity index (χ2n) is 4.26. The minimum atomic E-state index is -0.245. The lowest BCUT2D eigenvalue weighted by Crippen LogP contribution is -2.23. The van der Waals surface area contributed by atoms with E-state index in [1.165, 1.54) is 6.07 Å². The highest BCUT2D eigenvalue weighted by molar-refractivity contribution is 9.10. The predicted molar refractivity (Wildman–Crippen MR) is 72.7 cm³/mol. The number of nitrogens with one attached hydrogen (secondary N) is 2. The molecule has 0 radical (unpaired) electrons. The maximum absolute atomic E-state index is 13.2. The summed E-state index contributed by atoms with van der Waals surface area (Å²) in [5.74, 6) is 0.646. The van der Waals surface area contributed by atoms with Crippen LogP contribution in [0.4, 0.5) is 4.39 Å². The summed E-state index contributed by atoms with van der Waals surface area (Å²) in [7, 11) is 0. The molecule has 0 spiro atoms. The highest BCUT2D eigenvalue weighted by Crippen LogP contribution is 2.22. The van der Waals surface area contributed by atoms with Gasteiger partial charge in [-0.1, -0.05) is 6.07 Å². The molecule has 0 saturated carbocycles. The average molecular weight is 312 g/mol. The van der Waals surface area contributed by atoms with E-state index in [1.54, 1.807) is 24.5 Å². The lowest BCUT2D eigenvalue weighted by Gasteiger charge is -2.19. The fraction of sp³-hybridized carbons (Fsp3) is 0.308. The summed E-state index contributed by atoms with van der Waals surface area (Å²) in [5.41, 5.74) is 1.03. The molecule has 96 valence electrons. The molecule has 18 heavy (non-hydrogen) atoms. The van der Waals surface area contributed by atoms with Crippen molar-refractivity contribution in [3.63, 3.8) is 0 Å². The third-order valence-electron chi connectivity index (χ3n) is 2.87. The van der Waals surface area contributed by atoms with Crippen LogP contribution >= 0.6 is 15.9 Å². The van der Waals surface area contributed by atoms with Crippen molar-refractivity contribution in [3.8, 4) is 0 Å². The van der Waals surface area contributed by atoms with E-state index in [0.29, 0.717) is 4.47 Å². The molecule has 3 nitrogen and oxygen atoms in total. The molecule has 0 amide bonds. The molecule has 1 aromatic carbocycles. The van der Waals surface area contributed by atoms with Crippen LogP contribution in [0.5, 0.6) is 0 Å². The summed E-state index contributed by atoms with van der Waals surface area (Å²) < 4.78 is 13.7. The lowest BCUT2D eigenvalue weighted by molar-refractivity contribution is 0.478. The quantitative estimate of drug-likeness (QED) is 0.903. The van der Waals surface area contributed by atoms with Crippen molar-refractivity contribution < 1.29 is 4.39 Å². The number of rotatable bonds is 4. The van der Waals surface area contributed by atoms with Crippen LogP contribution in [-0.4, -0.2) is 9.97 Å². The minimum Gasteiger partial charge on any atom is -0.347 e. The van der Waals surface area contributed by atoms with Gasteiger partial charge in [-0.15, -0.1) is 0 Å². The van der Waals surface area contributed by atoms with Gasteiger partial charge in [0, 0.05) is 18.4 Å². The predicted octanol–water partition coefficient (Wildman–Crippen LogP) is 3.72. The van der Waals surface area contributed by atoms with Crippen molar-refractivity contribution in [1.29, 1.82) is 0 Å². The van der Waals surface area contributed by atoms with Crippen LogP contribution in [0.15, 0.2) is 35.1 Å². The summed E-state index contributed by atoms with van der Waals surface area (Å²) in [6, 6.07) is 5.27. The zero-order chi connectivity index (χ0) is 13.1. The Morgan fingerprint density at radius 2 is 2.11 bits per heavy atom. The largest absolute Gasteiger partial charge is 0.347 e. The second-order valence-corrected chi connectivity index (χ2v) is 5.11. The first-order chi connectivity index (χ1) is 8.58. The SMILES string of the molecule is CC(NC(C)c1ncc[nH]1)c1ccc(F)c(Br)c1. The van der Waals surface area contributed by atoms with E-state index >= 15 is 0 Å². The van der Waals surface area contributed by atoms with E-state index < -0.39 is 0 Å². The maximum atomic E-state index is 13.2. The van der Waals surface area contributed by atoms with Gasteiger partial charge in [-0.05, 0) is 47.5 Å². The van der Waals surface area contributed by atoms with Gasteiger partial charge in [0.05, 0.1) is 10.5 Å². The zero-order valence-corrected chi connectivity index (χ0v) is 11.8. The van der Waals surface area contributed by atoms with Gasteiger partial charge in [-0.25, -0.2) is 9.37 Å². The third kappa shape index (κ3) is 2.97. The molecule has 0 aliphatic heterocycles. The number of hydrogen-bond acceptors (Lipinski definition) is 2. The summed E-state index contributed by atoms with van der Waals surface area (Å²) in [5, 5.41) is 3.41. The Hall–Kier alpha value is -1.20. The van der Waals surface area contributed by atoms with E-state index in [9.17, 15) is 4.39 Å². The van der Waals surface area contributed by atoms with Crippen molar-refractivity contribution in [3.05, 3.63) is 52.3 Å². The van der Waals surface area contributed by atoms with Crippen LogP contribution in [-0.2, 0) is 0 Å². The first-order valence-corrected chi connectivity index (χ1v) is 6.57. The standard InChI is InChI=1S/C13H15BrFN3/c1-8(10-3-4-12(15)11(14)7-10)18-9(2)13-16-5-6-17-13/h3-9,18H,1-2H3,(H,16,17). The number of halogens is 2. The van der Waals surface area contributed by atoms with E-state index in [-0.39, 0.29) is 17.9 Å². The van der Waals surface area contributed by atoms with Gasteiger partial charge in [0.15, 0.2) is 0 Å². The molecule has 1 heterocycles. The van der Waals surface area contributed by atoms with Crippen molar-refractivity contribution in [2.45, 2.75) is 25.9 Å². The molecule has 0 fully saturated rings. The fourth-order valence-electron chi connectivity index (χ4n) is 1.85. The summed E-state index contributed by atoms with van der Waals surface area (Å²) in [6.45, 7) is 4.08. The topological polar surface area (TPSA) is 40.7 Å². The van der Waals surface area contributed by atoms with Gasteiger partial charge in [-0.2, -0.15) is 0 Å². The molecule has 0 aliphatic rings. The molecular weight excluding hydrogens is 297 g/mol. The second kappa shape index (κ2) is 5.63. The molecule has 2 rings (SSSR count). The number of aromatic nitrogens is 2. The molecule has 2 atom stereocenters. The van der Waals surface area contributed by atoms with Crippen molar-refractivity contribution in [1.82, 2.24) is 15.3 Å². The zero-order valence-electron chi connectivity index (χ0n) is 10.2. The Labute approximate surface area is 114 Å². The molecule has 1 aromatic heterocycles. The fourth-order valence-corrected chi connectivity index (χ4v) is 2.24. The Bertz CT molecular complexity index is 513. The minimum absolute atomic E-state index is 0.110. The number of H-pyrrole nitrogens is 1. The smallest absolute Gasteiger partial charge is 0.137 e. The Morgan fingerprint density at radius 1 is 1.33 bits per heavy atom. The number of aromatic amines is 1. The highest BCUT2D eigenvalue weighted by atomic mass is 79.9. The van der Waals surface area contributed by atoms with Gasteiger partial charge >= 0.3 is 0 Å². The summed E-state index contributed by atoms with van der Waals surface area (Å²) in [6.07, 6.45) is 3.53. The molecule has 2 N–H and O–H groups in total. The number of hydrogen-bond donors (Lipinski definition) is 2. The van der Waals surface area contributed by atoms with Gasteiger partial charge in [0.2, 0.25) is 0 Å². The molecule has 0 saturated heterocycles. The molecule has 0 bridgehead atoms. The van der Waals surface area contributed by atoms with Gasteiger partial charge in [0.1, 0.15) is 11.6 Å². The number of benzene rings is 1. The Balaban J connectivity index is 2.07. The molecule has 2 unspecified atom stereocenters. The normalized spacial score (nSPS) is 14.4. The Morgan fingerprint density at radius 3 is 2.72 bits per heavy atom. The monoisotopic (exact) mass is 311 g/mol. The van der Waals surface area contributed by atoms with Crippen LogP contribution in [0.2, 0.25) is 0 Å². The van der Waals surface area contributed by atoms with Crippen molar-refractivity contribution >= 4 is 15.9 Å². The van der Waals surface area contributed by atoms with Gasteiger partial charge < -0.3 is 10.3 Å². The Kier molecular flexibility index (Phi) is 4.14. The van der Waals surface area contributed by atoms with Crippen LogP contribution in [0.1, 0.15) is 37.3 Å². The van der Waals surface area contributed by atoms with Gasteiger partial charge in [0.25, 0.3) is 0 Å². The number of nitrogens with zero attached hydrogens (tertiary/aromatic N) is 1. The molecule has 2 aromatic rings. The van der Waals surface area contributed by atoms with E-state index in [0.717, 1.165) is 11.4 Å². The van der Waals surface area contributed by atoms with E-state index in [2.05, 4.69) is 31.2 Å². The maximum Gasteiger partial charge on any atom is 0.137 e. The van der Waals surface area contributed by atoms with Crippen LogP contribution in [0.3, 0.4) is 0 Å². The van der Waals surface area contributed by atoms with Crippen LogP contribution in [0.25, 0.3) is 0 Å². The first kappa shape index (κ1) is 13.2. The molecule has 0 aliphatic carbocycles. The third-order valence-corrected chi connectivity index (χ3v) is 3.48. The van der Waals surface area contributed by atoms with Crippen LogP contribution in [0, 0.1) is 5.82 Å². The average Bonchev–Trinajstić information content (AvgIpc) is 2.86. The summed E-state index contributed by atoms with van der Waals surface area (Å²) in [4.78, 5) is 7.28. The summed E-state index contributed by atoms with van der Waals surface area (Å²) >= 11 is 3.20. The first-order valence-electron chi connectivity index (χ1n) is 5.78. The van der Waals surface area contributed by atoms with E-state index in [1.807, 2.05) is 13.8 Å². The molecule has 5 heteroatoms. The van der Waals surface area contributed by atoms with Crippen molar-refractivity contribution in [2.75, 3.05) is 0 Å². The lowest BCUT2D eigenvalue weighted by atomic mass is 10.1. The number of imidazole rings is 1. The van der Waals surface area contributed by atoms with E-state index in [4.69, 9.17) is 0 Å².